The van der Waals surface area contributed by atoms with Crippen molar-refractivity contribution in [3.63, 3.8) is 0 Å². The number of morpholine rings is 1. The van der Waals surface area contributed by atoms with Gasteiger partial charge >= 0.3 is 6.03 Å². The number of fused-ring (bicyclic) bond motifs is 3. The van der Waals surface area contributed by atoms with E-state index >= 15 is 0 Å². The molecular formula is C27H31N9O2. The van der Waals surface area contributed by atoms with Gasteiger partial charge in [-0.25, -0.2) is 19.4 Å². The number of pyridine rings is 1. The first-order valence-electron chi connectivity index (χ1n) is 12.9. The fourth-order valence-electron chi connectivity index (χ4n) is 4.99. The van der Waals surface area contributed by atoms with Crippen molar-refractivity contribution in [1.82, 2.24) is 29.6 Å². The van der Waals surface area contributed by atoms with Crippen molar-refractivity contribution >= 4 is 34.3 Å². The van der Waals surface area contributed by atoms with Crippen LogP contribution in [0, 0.1) is 0 Å². The highest BCUT2D eigenvalue weighted by molar-refractivity contribution is 5.99. The lowest BCUT2D eigenvalue weighted by Gasteiger charge is -2.33. The minimum absolute atomic E-state index is 0.245. The van der Waals surface area contributed by atoms with Crippen LogP contribution in [0.1, 0.15) is 12.8 Å². The van der Waals surface area contributed by atoms with E-state index in [2.05, 4.69) is 30.5 Å². The maximum atomic E-state index is 12.4. The highest BCUT2D eigenvalue weighted by Crippen LogP contribution is 2.33. The minimum Gasteiger partial charge on any atom is -0.371 e. The molecular weight excluding hydrogens is 482 g/mol. The van der Waals surface area contributed by atoms with Crippen LogP contribution < -0.4 is 15.5 Å². The van der Waals surface area contributed by atoms with E-state index in [0.29, 0.717) is 17.2 Å². The molecule has 5 heterocycles. The summed E-state index contributed by atoms with van der Waals surface area (Å²) in [5, 5.41) is 11.2. The largest absolute Gasteiger partial charge is 0.371 e. The van der Waals surface area contributed by atoms with Crippen molar-refractivity contribution in [3.05, 3.63) is 55.0 Å². The normalized spacial score (nSPS) is 18.8. The number of benzene rings is 1. The summed E-state index contributed by atoms with van der Waals surface area (Å²) in [6, 6.07) is 10.8. The Labute approximate surface area is 220 Å². The zero-order valence-corrected chi connectivity index (χ0v) is 21.5. The van der Waals surface area contributed by atoms with Gasteiger partial charge in [0.05, 0.1) is 42.2 Å². The van der Waals surface area contributed by atoms with Gasteiger partial charge in [-0.3, -0.25) is 4.98 Å². The molecule has 6 rings (SSSR count). The van der Waals surface area contributed by atoms with Crippen LogP contribution in [0.3, 0.4) is 0 Å². The molecule has 0 radical (unpaired) electrons. The Bertz CT molecular complexity index is 1410. The summed E-state index contributed by atoms with van der Waals surface area (Å²) in [4.78, 5) is 30.8. The first kappa shape index (κ1) is 24.3. The highest BCUT2D eigenvalue weighted by atomic mass is 16.5. The van der Waals surface area contributed by atoms with E-state index in [0.717, 1.165) is 61.4 Å². The van der Waals surface area contributed by atoms with E-state index in [9.17, 15) is 4.79 Å². The predicted molar refractivity (Wildman–Crippen MR) is 146 cm³/mol. The first-order valence-corrected chi connectivity index (χ1v) is 12.9. The minimum atomic E-state index is -0.336. The number of rotatable bonds is 7. The number of amides is 2. The number of carbonyl (C=O) groups is 1. The average molecular weight is 514 g/mol. The van der Waals surface area contributed by atoms with Crippen molar-refractivity contribution in [2.75, 3.05) is 49.3 Å². The van der Waals surface area contributed by atoms with E-state index < -0.39 is 0 Å². The van der Waals surface area contributed by atoms with Crippen LogP contribution in [0.15, 0.2) is 55.0 Å². The molecule has 11 nitrogen and oxygen atoms in total. The third kappa shape index (κ3) is 5.15. The van der Waals surface area contributed by atoms with Gasteiger partial charge < -0.3 is 25.2 Å². The number of carbonyl (C=O) groups excluding carboxylic acids is 1. The molecule has 2 aliphatic rings. The van der Waals surface area contributed by atoms with Gasteiger partial charge in [0.15, 0.2) is 11.5 Å². The first-order chi connectivity index (χ1) is 18.5. The molecule has 38 heavy (non-hydrogen) atoms. The smallest absolute Gasteiger partial charge is 0.323 e. The zero-order valence-electron chi connectivity index (χ0n) is 21.5. The van der Waals surface area contributed by atoms with Gasteiger partial charge in [-0.1, -0.05) is 0 Å². The molecule has 2 amide bonds. The standard InChI is InChI=1S/C27H31N9O2/c1-34(2)12-13-36-26-23(15-29-36)25(35-16-21-9-10-22(17-35)38-21)32-24(33-26)18-5-7-19(8-6-18)30-27(37)31-20-4-3-11-28-14-20/h3-8,11,14-15,21-22H,9-10,12-13,16-17H2,1-2H3,(H2,30,31,37). The number of hydrogen-bond acceptors (Lipinski definition) is 8. The Morgan fingerprint density at radius 3 is 2.50 bits per heavy atom. The van der Waals surface area contributed by atoms with Gasteiger partial charge in [-0.2, -0.15) is 5.10 Å². The third-order valence-corrected chi connectivity index (χ3v) is 6.90. The van der Waals surface area contributed by atoms with Crippen LogP contribution in [0.25, 0.3) is 22.4 Å². The van der Waals surface area contributed by atoms with Crippen LogP contribution in [0.4, 0.5) is 22.0 Å². The molecule has 11 heteroatoms. The van der Waals surface area contributed by atoms with Gasteiger partial charge in [-0.05, 0) is 63.3 Å². The van der Waals surface area contributed by atoms with Crippen molar-refractivity contribution in [2.24, 2.45) is 0 Å². The lowest BCUT2D eigenvalue weighted by molar-refractivity contribution is 0.0303. The fraction of sp³-hybridized carbons (Fsp3) is 0.370. The number of urea groups is 1. The lowest BCUT2D eigenvalue weighted by atomic mass is 10.2. The summed E-state index contributed by atoms with van der Waals surface area (Å²) in [7, 11) is 4.10. The summed E-state index contributed by atoms with van der Waals surface area (Å²) in [6.45, 7) is 3.23. The predicted octanol–water partition coefficient (Wildman–Crippen LogP) is 3.46. The van der Waals surface area contributed by atoms with Crippen LogP contribution in [-0.4, -0.2) is 81.6 Å². The van der Waals surface area contributed by atoms with Crippen molar-refractivity contribution in [3.8, 4) is 11.4 Å². The molecule has 0 aliphatic carbocycles. The van der Waals surface area contributed by atoms with Gasteiger partial charge in [0, 0.05) is 37.1 Å². The Morgan fingerprint density at radius 1 is 1.03 bits per heavy atom. The van der Waals surface area contributed by atoms with Crippen LogP contribution in [0.5, 0.6) is 0 Å². The van der Waals surface area contributed by atoms with Gasteiger partial charge in [0.1, 0.15) is 5.82 Å². The summed E-state index contributed by atoms with van der Waals surface area (Å²) in [6.07, 6.45) is 7.81. The zero-order chi connectivity index (χ0) is 26.1. The second-order valence-corrected chi connectivity index (χ2v) is 10.0. The number of anilines is 3. The van der Waals surface area contributed by atoms with Gasteiger partial charge in [0.2, 0.25) is 0 Å². The lowest BCUT2D eigenvalue weighted by Crippen LogP contribution is -2.43. The number of aromatic nitrogens is 5. The van der Waals surface area contributed by atoms with Crippen LogP contribution in [-0.2, 0) is 11.3 Å². The number of nitrogens with zero attached hydrogens (tertiary/aromatic N) is 7. The van der Waals surface area contributed by atoms with E-state index in [1.807, 2.05) is 49.2 Å². The maximum absolute atomic E-state index is 12.4. The molecule has 2 bridgehead atoms. The molecule has 2 unspecified atom stereocenters. The Morgan fingerprint density at radius 2 is 1.79 bits per heavy atom. The van der Waals surface area contributed by atoms with Gasteiger partial charge in [0.25, 0.3) is 0 Å². The molecule has 196 valence electrons. The molecule has 2 aliphatic heterocycles. The number of likely N-dealkylation sites (N-methyl/N-ethyl adjacent to an activating group) is 1. The maximum Gasteiger partial charge on any atom is 0.323 e. The highest BCUT2D eigenvalue weighted by Gasteiger charge is 2.35. The summed E-state index contributed by atoms with van der Waals surface area (Å²) in [5.41, 5.74) is 2.97. The van der Waals surface area contributed by atoms with Gasteiger partial charge in [-0.15, -0.1) is 0 Å². The molecule has 2 atom stereocenters. The molecule has 4 aromatic rings. The van der Waals surface area contributed by atoms with Crippen molar-refractivity contribution < 1.29 is 9.53 Å². The second-order valence-electron chi connectivity index (χ2n) is 10.0. The monoisotopic (exact) mass is 513 g/mol. The Hall–Kier alpha value is -4.09. The summed E-state index contributed by atoms with van der Waals surface area (Å²) in [5.74, 6) is 1.53. The fourth-order valence-corrected chi connectivity index (χ4v) is 4.99. The van der Waals surface area contributed by atoms with E-state index in [-0.39, 0.29) is 18.2 Å². The Kier molecular flexibility index (Phi) is 6.61. The molecule has 1 aromatic carbocycles. The number of hydrogen-bond donors (Lipinski definition) is 2. The van der Waals surface area contributed by atoms with E-state index in [1.165, 1.54) is 0 Å². The number of nitrogens with one attached hydrogen (secondary N) is 2. The van der Waals surface area contributed by atoms with E-state index in [4.69, 9.17) is 14.7 Å². The average Bonchev–Trinajstić information content (AvgIpc) is 3.49. The topological polar surface area (TPSA) is 113 Å². The molecule has 0 saturated carbocycles. The van der Waals surface area contributed by atoms with Crippen molar-refractivity contribution in [2.45, 2.75) is 31.6 Å². The van der Waals surface area contributed by atoms with Crippen LogP contribution >= 0.6 is 0 Å². The third-order valence-electron chi connectivity index (χ3n) is 6.90. The summed E-state index contributed by atoms with van der Waals surface area (Å²) < 4.78 is 8.03. The van der Waals surface area contributed by atoms with E-state index in [1.54, 1.807) is 24.5 Å². The van der Waals surface area contributed by atoms with Crippen LogP contribution in [0.2, 0.25) is 0 Å². The molecule has 0 spiro atoms. The Balaban J connectivity index is 1.28. The van der Waals surface area contributed by atoms with Crippen molar-refractivity contribution in [1.29, 1.82) is 0 Å². The molecule has 3 aromatic heterocycles. The molecule has 2 saturated heterocycles. The summed E-state index contributed by atoms with van der Waals surface area (Å²) >= 11 is 0. The molecule has 2 fully saturated rings. The quantitative estimate of drug-likeness (QED) is 0.386. The number of ether oxygens (including phenoxy) is 1. The SMILES string of the molecule is CN(C)CCn1ncc2c(N3CC4CCC(C3)O4)nc(-c3ccc(NC(=O)Nc4cccnc4)cc3)nc21. The molecule has 2 N–H and O–H groups in total. The second kappa shape index (κ2) is 10.3.